The molecule has 0 radical (unpaired) electrons. The van der Waals surface area contributed by atoms with E-state index in [0.717, 1.165) is 11.1 Å². The van der Waals surface area contributed by atoms with Crippen LogP contribution in [-0.2, 0) is 32.2 Å². The van der Waals surface area contributed by atoms with Crippen molar-refractivity contribution >= 4 is 18.0 Å². The van der Waals surface area contributed by atoms with Gasteiger partial charge in [0.05, 0.1) is 12.7 Å². The molecule has 2 amide bonds. The lowest BCUT2D eigenvalue weighted by Crippen LogP contribution is -2.42. The van der Waals surface area contributed by atoms with Gasteiger partial charge >= 0.3 is 12.1 Å². The highest BCUT2D eigenvalue weighted by Gasteiger charge is 2.28. The summed E-state index contributed by atoms with van der Waals surface area (Å²) in [6.07, 6.45) is 0.969. The molecule has 0 unspecified atom stereocenters. The summed E-state index contributed by atoms with van der Waals surface area (Å²) in [6, 6.07) is 27.0. The van der Waals surface area contributed by atoms with Crippen molar-refractivity contribution in [1.82, 2.24) is 10.2 Å². The predicted molar refractivity (Wildman–Crippen MR) is 146 cm³/mol. The summed E-state index contributed by atoms with van der Waals surface area (Å²) in [5.41, 5.74) is 2.33. The molecule has 1 fully saturated rings. The van der Waals surface area contributed by atoms with E-state index < -0.39 is 18.1 Å². The lowest BCUT2D eigenvalue weighted by atomic mass is 10.1. The number of ether oxygens (including phenoxy) is 3. The number of carbonyl (C=O) groups is 3. The highest BCUT2D eigenvalue weighted by atomic mass is 16.6. The number of hydrogen-bond donors (Lipinski definition) is 1. The zero-order valence-electron chi connectivity index (χ0n) is 21.9. The van der Waals surface area contributed by atoms with E-state index in [2.05, 4.69) is 5.32 Å². The molecule has 2 atom stereocenters. The summed E-state index contributed by atoms with van der Waals surface area (Å²) in [5, 5.41) is 2.67. The highest BCUT2D eigenvalue weighted by Crippen LogP contribution is 2.16. The van der Waals surface area contributed by atoms with Gasteiger partial charge in [-0.15, -0.1) is 0 Å². The Morgan fingerprint density at radius 2 is 1.38 bits per heavy atom. The van der Waals surface area contributed by atoms with Crippen molar-refractivity contribution in [2.24, 2.45) is 0 Å². The Morgan fingerprint density at radius 3 is 1.97 bits per heavy atom. The summed E-state index contributed by atoms with van der Waals surface area (Å²) >= 11 is 0. The molecule has 1 heterocycles. The Bertz CT molecular complexity index is 1190. The minimum atomic E-state index is -0.873. The number of amides is 2. The number of nitrogens with one attached hydrogen (secondary N) is 1. The molecule has 3 aromatic rings. The fourth-order valence-electron chi connectivity index (χ4n) is 4.09. The fourth-order valence-corrected chi connectivity index (χ4v) is 4.09. The van der Waals surface area contributed by atoms with E-state index in [1.54, 1.807) is 17.0 Å². The van der Waals surface area contributed by atoms with Crippen LogP contribution in [0, 0.1) is 0 Å². The molecule has 1 aliphatic heterocycles. The van der Waals surface area contributed by atoms with Crippen LogP contribution in [0.5, 0.6) is 0 Å². The average molecular weight is 531 g/mol. The maximum atomic E-state index is 13.0. The minimum absolute atomic E-state index is 0.0486. The van der Waals surface area contributed by atoms with Crippen LogP contribution in [0.1, 0.15) is 40.7 Å². The van der Waals surface area contributed by atoms with Crippen molar-refractivity contribution < 1.29 is 28.6 Å². The first-order chi connectivity index (χ1) is 19.1. The number of epoxide rings is 1. The largest absolute Gasteiger partial charge is 0.459 e. The number of alkyl carbamates (subject to hydrolysis) is 1. The molecule has 0 aliphatic carbocycles. The standard InChI is InChI=1S/C31H34N2O6/c34-29(26-16-8-3-9-17-26)33(20-27-23-37-27)19-11-10-18-28(30(35)38-21-24-12-4-1-5-13-24)32-31(36)39-22-25-14-6-2-7-15-25/h1-9,12-17,27-28H,10-11,18-23H2,(H,32,36)/t27-,28+/m1/s1. The fraction of sp³-hybridized carbons (Fsp3) is 0.323. The van der Waals surface area contributed by atoms with Gasteiger partial charge in [0.25, 0.3) is 5.91 Å². The number of benzene rings is 3. The first kappa shape index (κ1) is 27.9. The Labute approximate surface area is 228 Å². The Kier molecular flexibility index (Phi) is 10.5. The summed E-state index contributed by atoms with van der Waals surface area (Å²) in [5.74, 6) is -0.577. The minimum Gasteiger partial charge on any atom is -0.459 e. The molecule has 1 saturated heterocycles. The van der Waals surface area contributed by atoms with Gasteiger partial charge in [-0.1, -0.05) is 78.9 Å². The Balaban J connectivity index is 1.31. The molecule has 204 valence electrons. The van der Waals surface area contributed by atoms with E-state index in [9.17, 15) is 14.4 Å². The van der Waals surface area contributed by atoms with Crippen LogP contribution in [0.15, 0.2) is 91.0 Å². The third-order valence-corrected chi connectivity index (χ3v) is 6.32. The zero-order valence-corrected chi connectivity index (χ0v) is 21.9. The van der Waals surface area contributed by atoms with Crippen LogP contribution in [0.25, 0.3) is 0 Å². The molecule has 1 N–H and O–H groups in total. The highest BCUT2D eigenvalue weighted by molar-refractivity contribution is 5.94. The van der Waals surface area contributed by atoms with Gasteiger partial charge in [-0.25, -0.2) is 9.59 Å². The SMILES string of the molecule is O=C(N[C@@H](CCCCN(C[C@@H]1CO1)C(=O)c1ccccc1)C(=O)OCc1ccccc1)OCc1ccccc1. The molecule has 0 spiro atoms. The number of esters is 1. The lowest BCUT2D eigenvalue weighted by Gasteiger charge is -2.23. The van der Waals surface area contributed by atoms with Crippen LogP contribution in [0.2, 0.25) is 0 Å². The van der Waals surface area contributed by atoms with Gasteiger partial charge in [0.2, 0.25) is 0 Å². The first-order valence-corrected chi connectivity index (χ1v) is 13.2. The van der Waals surface area contributed by atoms with Crippen molar-refractivity contribution in [2.45, 2.75) is 44.6 Å². The van der Waals surface area contributed by atoms with Gasteiger partial charge < -0.3 is 24.4 Å². The molecule has 1 aliphatic rings. The monoisotopic (exact) mass is 530 g/mol. The lowest BCUT2D eigenvalue weighted by molar-refractivity contribution is -0.147. The van der Waals surface area contributed by atoms with Crippen LogP contribution >= 0.6 is 0 Å². The second kappa shape index (κ2) is 14.7. The van der Waals surface area contributed by atoms with E-state index in [1.807, 2.05) is 78.9 Å². The maximum Gasteiger partial charge on any atom is 0.408 e. The molecular formula is C31H34N2O6. The molecule has 39 heavy (non-hydrogen) atoms. The number of unbranched alkanes of at least 4 members (excludes halogenated alkanes) is 1. The maximum absolute atomic E-state index is 13.0. The van der Waals surface area contributed by atoms with Crippen molar-refractivity contribution in [1.29, 1.82) is 0 Å². The summed E-state index contributed by atoms with van der Waals surface area (Å²) in [7, 11) is 0. The average Bonchev–Trinajstić information content (AvgIpc) is 3.81. The zero-order chi connectivity index (χ0) is 27.3. The summed E-state index contributed by atoms with van der Waals surface area (Å²) in [6.45, 7) is 1.90. The van der Waals surface area contributed by atoms with Gasteiger partial charge in [0, 0.05) is 18.7 Å². The molecule has 8 heteroatoms. The van der Waals surface area contributed by atoms with E-state index >= 15 is 0 Å². The quantitative estimate of drug-likeness (QED) is 0.184. The molecule has 3 aromatic carbocycles. The Hall–Kier alpha value is -4.17. The summed E-state index contributed by atoms with van der Waals surface area (Å²) in [4.78, 5) is 40.3. The van der Waals surface area contributed by atoms with Crippen molar-refractivity contribution in [3.8, 4) is 0 Å². The van der Waals surface area contributed by atoms with Gasteiger partial charge in [-0.3, -0.25) is 4.79 Å². The normalized spacial score (nSPS) is 14.6. The summed E-state index contributed by atoms with van der Waals surface area (Å²) < 4.78 is 16.2. The second-order valence-corrected chi connectivity index (χ2v) is 9.42. The number of hydrogen-bond acceptors (Lipinski definition) is 6. The molecular weight excluding hydrogens is 496 g/mol. The van der Waals surface area contributed by atoms with E-state index in [-0.39, 0.29) is 25.2 Å². The molecule has 8 nitrogen and oxygen atoms in total. The van der Waals surface area contributed by atoms with Crippen LogP contribution in [0.4, 0.5) is 4.79 Å². The number of carbonyl (C=O) groups excluding carboxylic acids is 3. The van der Waals surface area contributed by atoms with Crippen LogP contribution < -0.4 is 5.32 Å². The van der Waals surface area contributed by atoms with E-state index in [4.69, 9.17) is 14.2 Å². The third kappa shape index (κ3) is 9.57. The first-order valence-electron chi connectivity index (χ1n) is 13.2. The van der Waals surface area contributed by atoms with Gasteiger partial charge in [-0.2, -0.15) is 0 Å². The van der Waals surface area contributed by atoms with Crippen LogP contribution in [-0.4, -0.2) is 54.7 Å². The molecule has 4 rings (SSSR count). The number of nitrogens with zero attached hydrogens (tertiary/aromatic N) is 1. The van der Waals surface area contributed by atoms with Gasteiger partial charge in [0.15, 0.2) is 0 Å². The van der Waals surface area contributed by atoms with E-state index in [0.29, 0.717) is 44.5 Å². The van der Waals surface area contributed by atoms with Crippen LogP contribution in [0.3, 0.4) is 0 Å². The van der Waals surface area contributed by atoms with Gasteiger partial charge in [0.1, 0.15) is 19.3 Å². The Morgan fingerprint density at radius 1 is 0.821 bits per heavy atom. The van der Waals surface area contributed by atoms with Crippen molar-refractivity contribution in [3.05, 3.63) is 108 Å². The van der Waals surface area contributed by atoms with Crippen molar-refractivity contribution in [2.75, 3.05) is 19.7 Å². The molecule has 0 saturated carbocycles. The molecule has 0 aromatic heterocycles. The van der Waals surface area contributed by atoms with E-state index in [1.165, 1.54) is 0 Å². The smallest absolute Gasteiger partial charge is 0.408 e. The number of rotatable bonds is 14. The third-order valence-electron chi connectivity index (χ3n) is 6.32. The topological polar surface area (TPSA) is 97.5 Å². The second-order valence-electron chi connectivity index (χ2n) is 9.42. The van der Waals surface area contributed by atoms with Crippen molar-refractivity contribution in [3.63, 3.8) is 0 Å². The predicted octanol–water partition coefficient (Wildman–Crippen LogP) is 4.74. The van der Waals surface area contributed by atoms with Gasteiger partial charge in [-0.05, 0) is 42.5 Å². The molecule has 0 bridgehead atoms.